The van der Waals surface area contributed by atoms with E-state index in [1.54, 1.807) is 0 Å². The van der Waals surface area contributed by atoms with Crippen molar-refractivity contribution in [2.75, 3.05) is 29.9 Å². The molecule has 1 aliphatic rings. The van der Waals surface area contributed by atoms with E-state index in [0.717, 1.165) is 17.4 Å². The van der Waals surface area contributed by atoms with Crippen LogP contribution in [0, 0.1) is 5.82 Å². The van der Waals surface area contributed by atoms with E-state index in [0.29, 0.717) is 13.1 Å². The lowest BCUT2D eigenvalue weighted by molar-refractivity contribution is 0.0933. The van der Waals surface area contributed by atoms with Crippen LogP contribution in [0.5, 0.6) is 0 Å². The Hall–Kier alpha value is -2.80. The van der Waals surface area contributed by atoms with Gasteiger partial charge >= 0.3 is 6.03 Å². The number of nitrogens with zero attached hydrogens (tertiary/aromatic N) is 2. The zero-order valence-corrected chi connectivity index (χ0v) is 14.2. The van der Waals surface area contributed by atoms with Gasteiger partial charge in [0, 0.05) is 25.2 Å². The molecule has 3 rings (SSSR count). The van der Waals surface area contributed by atoms with Crippen molar-refractivity contribution in [2.45, 2.75) is 0 Å². The molecule has 0 spiro atoms. The molecule has 2 aromatic rings. The van der Waals surface area contributed by atoms with Gasteiger partial charge in [-0.15, -0.1) is 0 Å². The molecule has 0 fully saturated rings. The summed E-state index contributed by atoms with van der Waals surface area (Å²) in [6.07, 6.45) is 0. The smallest absolute Gasteiger partial charge is 0.340 e. The maximum atomic E-state index is 13.7. The first-order valence-corrected chi connectivity index (χ1v) is 7.98. The number of carbonyl (C=O) groups is 2. The number of hydrazine groups is 1. The van der Waals surface area contributed by atoms with E-state index in [1.165, 1.54) is 17.0 Å². The molecule has 0 saturated heterocycles. The summed E-state index contributed by atoms with van der Waals surface area (Å²) in [4.78, 5) is 28.0. The highest BCUT2D eigenvalue weighted by Crippen LogP contribution is 2.31. The van der Waals surface area contributed by atoms with Crippen LogP contribution in [0.15, 0.2) is 42.5 Å². The average molecular weight is 363 g/mol. The van der Waals surface area contributed by atoms with Crippen molar-refractivity contribution in [3.63, 3.8) is 0 Å². The lowest BCUT2D eigenvalue weighted by Crippen LogP contribution is -2.52. The Bertz CT molecular complexity index is 830. The van der Waals surface area contributed by atoms with E-state index in [4.69, 9.17) is 11.6 Å². The quantitative estimate of drug-likeness (QED) is 0.767. The third-order valence-electron chi connectivity index (χ3n) is 3.95. The van der Waals surface area contributed by atoms with Crippen molar-refractivity contribution in [2.24, 2.45) is 0 Å². The van der Waals surface area contributed by atoms with Crippen LogP contribution in [0.4, 0.5) is 20.6 Å². The Balaban J connectivity index is 1.69. The number of halogens is 2. The molecule has 0 atom stereocenters. The zero-order chi connectivity index (χ0) is 18.0. The average Bonchev–Trinajstić information content (AvgIpc) is 2.60. The summed E-state index contributed by atoms with van der Waals surface area (Å²) >= 11 is 5.66. The minimum Gasteiger partial charge on any atom is -0.371 e. The molecule has 8 heteroatoms. The molecule has 6 nitrogen and oxygen atoms in total. The molecule has 3 amide bonds. The molecule has 0 radical (unpaired) electrons. The van der Waals surface area contributed by atoms with Gasteiger partial charge in [0.25, 0.3) is 5.91 Å². The van der Waals surface area contributed by atoms with Crippen LogP contribution < -0.4 is 20.7 Å². The molecule has 0 saturated carbocycles. The van der Waals surface area contributed by atoms with Crippen molar-refractivity contribution < 1.29 is 14.0 Å². The number of anilines is 2. The van der Waals surface area contributed by atoms with Crippen LogP contribution in [0.3, 0.4) is 0 Å². The summed E-state index contributed by atoms with van der Waals surface area (Å²) in [7, 11) is 1.94. The predicted molar refractivity (Wildman–Crippen MR) is 94.5 cm³/mol. The van der Waals surface area contributed by atoms with Gasteiger partial charge in [0.05, 0.1) is 16.9 Å². The number of urea groups is 1. The summed E-state index contributed by atoms with van der Waals surface area (Å²) in [5.74, 6) is -1.52. The Morgan fingerprint density at radius 1 is 1.08 bits per heavy atom. The fourth-order valence-electron chi connectivity index (χ4n) is 2.64. The van der Waals surface area contributed by atoms with Crippen LogP contribution in [0.1, 0.15) is 10.4 Å². The fraction of sp³-hybridized carbons (Fsp3) is 0.176. The van der Waals surface area contributed by atoms with Gasteiger partial charge in [-0.2, -0.15) is 0 Å². The normalized spacial score (nSPS) is 13.2. The number of nitrogens with one attached hydrogen (secondary N) is 2. The third-order valence-corrected chi connectivity index (χ3v) is 4.18. The molecule has 2 N–H and O–H groups in total. The highest BCUT2D eigenvalue weighted by atomic mass is 35.5. The lowest BCUT2D eigenvalue weighted by Gasteiger charge is -2.35. The van der Waals surface area contributed by atoms with E-state index in [9.17, 15) is 14.0 Å². The molecule has 130 valence electrons. The molecule has 1 aliphatic heterocycles. The molecule has 0 bridgehead atoms. The van der Waals surface area contributed by atoms with E-state index in [2.05, 4.69) is 10.9 Å². The number of carbonyl (C=O) groups excluding carboxylic acids is 2. The third kappa shape index (κ3) is 3.51. The Kier molecular flexibility index (Phi) is 4.76. The van der Waals surface area contributed by atoms with Crippen molar-refractivity contribution in [3.8, 4) is 0 Å². The van der Waals surface area contributed by atoms with Gasteiger partial charge in [-0.1, -0.05) is 23.7 Å². The fourth-order valence-corrected chi connectivity index (χ4v) is 2.79. The Morgan fingerprint density at radius 2 is 1.80 bits per heavy atom. The van der Waals surface area contributed by atoms with Crippen LogP contribution >= 0.6 is 11.6 Å². The van der Waals surface area contributed by atoms with Gasteiger partial charge in [0.2, 0.25) is 0 Å². The second-order valence-corrected chi connectivity index (χ2v) is 6.01. The van der Waals surface area contributed by atoms with Gasteiger partial charge in [0.15, 0.2) is 0 Å². The standard InChI is InChI=1S/C17H16ClFN4O2/c1-22-8-9-23(15-5-3-2-4-14(15)22)17(25)21-20-16(24)12-7-6-11(18)10-13(12)19/h2-7,10H,8-9H2,1H3,(H,20,24)(H,21,25). The minimum atomic E-state index is -0.760. The number of hydrogen-bond donors (Lipinski definition) is 2. The largest absolute Gasteiger partial charge is 0.371 e. The van der Waals surface area contributed by atoms with Gasteiger partial charge in [-0.3, -0.25) is 15.1 Å². The number of hydrogen-bond acceptors (Lipinski definition) is 3. The second-order valence-electron chi connectivity index (χ2n) is 5.57. The van der Waals surface area contributed by atoms with Crippen LogP contribution in [-0.2, 0) is 0 Å². The number of likely N-dealkylation sites (N-methyl/N-ethyl adjacent to an activating group) is 1. The van der Waals surface area contributed by atoms with Gasteiger partial charge in [-0.25, -0.2) is 14.6 Å². The Morgan fingerprint density at radius 3 is 2.52 bits per heavy atom. The van der Waals surface area contributed by atoms with Crippen LogP contribution in [-0.4, -0.2) is 32.1 Å². The molecule has 25 heavy (non-hydrogen) atoms. The topological polar surface area (TPSA) is 64.7 Å². The minimum absolute atomic E-state index is 0.187. The highest BCUT2D eigenvalue weighted by molar-refractivity contribution is 6.30. The summed E-state index contributed by atoms with van der Waals surface area (Å²) in [6, 6.07) is 10.7. The number of rotatable bonds is 1. The monoisotopic (exact) mass is 362 g/mol. The molecule has 1 heterocycles. The number of amides is 3. The first kappa shape index (κ1) is 17.0. The number of fused-ring (bicyclic) bond motifs is 1. The molecular formula is C17H16ClFN4O2. The molecule has 2 aromatic carbocycles. The number of para-hydroxylation sites is 2. The highest BCUT2D eigenvalue weighted by Gasteiger charge is 2.25. The van der Waals surface area contributed by atoms with Crippen LogP contribution in [0.25, 0.3) is 0 Å². The molecule has 0 aromatic heterocycles. The summed E-state index contributed by atoms with van der Waals surface area (Å²) < 4.78 is 13.7. The summed E-state index contributed by atoms with van der Waals surface area (Å²) in [5, 5.41) is 0.187. The maximum Gasteiger partial charge on any atom is 0.340 e. The number of benzene rings is 2. The van der Waals surface area contributed by atoms with Crippen molar-refractivity contribution in [3.05, 3.63) is 58.9 Å². The van der Waals surface area contributed by atoms with Gasteiger partial charge < -0.3 is 4.90 Å². The summed E-state index contributed by atoms with van der Waals surface area (Å²) in [5.41, 5.74) is 5.99. The molecule has 0 aliphatic carbocycles. The van der Waals surface area contributed by atoms with E-state index < -0.39 is 17.8 Å². The van der Waals surface area contributed by atoms with E-state index in [1.807, 2.05) is 36.2 Å². The van der Waals surface area contributed by atoms with E-state index >= 15 is 0 Å². The SMILES string of the molecule is CN1CCN(C(=O)NNC(=O)c2ccc(Cl)cc2F)c2ccccc21. The van der Waals surface area contributed by atoms with Crippen LogP contribution in [0.2, 0.25) is 5.02 Å². The second kappa shape index (κ2) is 6.98. The van der Waals surface area contributed by atoms with Gasteiger partial charge in [-0.05, 0) is 30.3 Å². The van der Waals surface area contributed by atoms with Crippen molar-refractivity contribution in [1.29, 1.82) is 0 Å². The van der Waals surface area contributed by atoms with Gasteiger partial charge in [0.1, 0.15) is 5.82 Å². The lowest BCUT2D eigenvalue weighted by atomic mass is 10.2. The zero-order valence-electron chi connectivity index (χ0n) is 13.4. The first-order chi connectivity index (χ1) is 12.0. The predicted octanol–water partition coefficient (Wildman–Crippen LogP) is 2.79. The first-order valence-electron chi connectivity index (χ1n) is 7.60. The maximum absolute atomic E-state index is 13.7. The molecular weight excluding hydrogens is 347 g/mol. The molecule has 0 unspecified atom stereocenters. The van der Waals surface area contributed by atoms with Crippen molar-refractivity contribution in [1.82, 2.24) is 10.9 Å². The Labute approximate surface area is 149 Å². The summed E-state index contributed by atoms with van der Waals surface area (Å²) in [6.45, 7) is 1.12. The van der Waals surface area contributed by atoms with Crippen molar-refractivity contribution >= 4 is 34.9 Å². The van der Waals surface area contributed by atoms with E-state index in [-0.39, 0.29) is 10.6 Å².